The summed E-state index contributed by atoms with van der Waals surface area (Å²) in [6.45, 7) is 1.12. The number of aliphatic hydroxyl groups excluding tert-OH is 10. The summed E-state index contributed by atoms with van der Waals surface area (Å²) in [4.78, 5) is 27.3. The van der Waals surface area contributed by atoms with Gasteiger partial charge in [-0.05, 0) is 37.6 Å². The van der Waals surface area contributed by atoms with E-state index < -0.39 is 194 Å². The molecule has 7 fully saturated rings. The lowest BCUT2D eigenvalue weighted by molar-refractivity contribution is -0.387. The first-order chi connectivity index (χ1) is 30.7. The number of Topliss-reactive ketones (excluding diaryl/α,β-unsaturated/α-hetero) is 1. The minimum atomic E-state index is -2.65. The molecule has 6 aliphatic heterocycles. The number of phenols is 1. The van der Waals surface area contributed by atoms with Crippen LogP contribution in [0.15, 0.2) is 24.3 Å². The predicted molar refractivity (Wildman–Crippen MR) is 208 cm³/mol. The summed E-state index contributed by atoms with van der Waals surface area (Å²) in [6, 6.07) is 5.26. The standard InChI is InChI=1S/C40H56O24S/c1-13-11-56-39(8-18(13)58-34(52)15-3-5-16(43)6-4-15)38(53)40(54)22(44)7-17-21(12-65(55)32(17)33(40)64-39)61-37-31(27(49)24(46)19(9-41)60-37)63-36-29(51)30(25(47)20(10-42)59-36)62-35-28(50)26(48)23(45)14(2)57-35/h3-6,13-14,17-33,35-37,41-51,54H,7-12H2,1-2H3/t13-,14-,17+,18+,19-,20-,21+,22+,23-,24-,25+,26-,27+,28-,29-,30+,31+,32-,33-,35+,36-,37+,39+,40-,65-/m1/s1. The van der Waals surface area contributed by atoms with Gasteiger partial charge in [0, 0.05) is 29.1 Å². The lowest BCUT2D eigenvalue weighted by Gasteiger charge is -2.48. The number of fused-ring (bicyclic) bond motifs is 3. The van der Waals surface area contributed by atoms with E-state index in [1.165, 1.54) is 31.2 Å². The number of aromatic hydroxyl groups is 1. The van der Waals surface area contributed by atoms with Gasteiger partial charge in [0.1, 0.15) is 85.1 Å². The maximum atomic E-state index is 14.3. The fourth-order valence-corrected chi connectivity index (χ4v) is 11.9. The van der Waals surface area contributed by atoms with E-state index in [4.69, 9.17) is 42.6 Å². The molecule has 1 saturated carbocycles. The van der Waals surface area contributed by atoms with E-state index in [0.717, 1.165) is 0 Å². The first-order valence-corrected chi connectivity index (χ1v) is 22.7. The molecule has 7 aliphatic rings. The number of ether oxygens (including phenoxy) is 9. The molecule has 65 heavy (non-hydrogen) atoms. The zero-order valence-corrected chi connectivity index (χ0v) is 35.7. The monoisotopic (exact) mass is 952 g/mol. The summed E-state index contributed by atoms with van der Waals surface area (Å²) in [7, 11) is -1.99. The summed E-state index contributed by atoms with van der Waals surface area (Å²) in [6.07, 6.45) is -32.7. The Morgan fingerprint density at radius 1 is 0.769 bits per heavy atom. The van der Waals surface area contributed by atoms with Gasteiger partial charge >= 0.3 is 5.97 Å². The Balaban J connectivity index is 1.01. The first kappa shape index (κ1) is 49.0. The Morgan fingerprint density at radius 3 is 2.08 bits per heavy atom. The smallest absolute Gasteiger partial charge is 0.338 e. The summed E-state index contributed by atoms with van der Waals surface area (Å²) in [5, 5.41) is 128. The minimum absolute atomic E-state index is 0.0819. The Bertz CT molecular complexity index is 1900. The van der Waals surface area contributed by atoms with Crippen molar-refractivity contribution in [2.24, 2.45) is 11.8 Å². The van der Waals surface area contributed by atoms with Gasteiger partial charge in [0.2, 0.25) is 11.6 Å². The third kappa shape index (κ3) is 8.57. The van der Waals surface area contributed by atoms with E-state index in [0.29, 0.717) is 0 Å². The van der Waals surface area contributed by atoms with Gasteiger partial charge in [0.15, 0.2) is 24.5 Å². The van der Waals surface area contributed by atoms with Crippen LogP contribution in [0.25, 0.3) is 0 Å². The number of ketones is 1. The lowest BCUT2D eigenvalue weighted by atomic mass is 9.70. The molecule has 25 atom stereocenters. The number of benzene rings is 1. The van der Waals surface area contributed by atoms with Crippen LogP contribution in [0.2, 0.25) is 0 Å². The van der Waals surface area contributed by atoms with Crippen molar-refractivity contribution in [3.8, 4) is 5.75 Å². The topological polar surface area (TPSA) is 377 Å². The second-order valence-electron chi connectivity index (χ2n) is 17.8. The van der Waals surface area contributed by atoms with E-state index in [9.17, 15) is 75.1 Å². The molecule has 0 aromatic heterocycles. The molecule has 6 saturated heterocycles. The number of phenolic OH excluding ortho intramolecular Hbond substituents is 1. The van der Waals surface area contributed by atoms with Crippen molar-refractivity contribution in [1.82, 2.24) is 0 Å². The number of esters is 1. The van der Waals surface area contributed by atoms with Crippen LogP contribution < -0.4 is 0 Å². The first-order valence-electron chi connectivity index (χ1n) is 21.3. The van der Waals surface area contributed by atoms with E-state index in [2.05, 4.69) is 0 Å². The molecular formula is C40H56O24S. The van der Waals surface area contributed by atoms with E-state index >= 15 is 0 Å². The van der Waals surface area contributed by atoms with E-state index in [1.807, 2.05) is 0 Å². The molecule has 8 rings (SSSR count). The molecule has 1 aromatic rings. The van der Waals surface area contributed by atoms with Crippen LogP contribution in [0.4, 0.5) is 0 Å². The third-order valence-electron chi connectivity index (χ3n) is 13.7. The normalized spacial score (nSPS) is 51.1. The lowest BCUT2D eigenvalue weighted by Crippen LogP contribution is -2.67. The third-order valence-corrected chi connectivity index (χ3v) is 15.5. The molecule has 0 unspecified atom stereocenters. The summed E-state index contributed by atoms with van der Waals surface area (Å²) in [5.74, 6) is -5.96. The van der Waals surface area contributed by atoms with Gasteiger partial charge in [0.25, 0.3) is 0 Å². The van der Waals surface area contributed by atoms with Gasteiger partial charge in [-0.25, -0.2) is 4.79 Å². The number of rotatable bonds is 10. The average molecular weight is 953 g/mol. The number of carbonyl (C=O) groups excluding carboxylic acids is 2. The molecule has 6 heterocycles. The van der Waals surface area contributed by atoms with Crippen LogP contribution in [0, 0.1) is 11.8 Å². The van der Waals surface area contributed by atoms with Crippen LogP contribution >= 0.6 is 0 Å². The molecule has 0 amide bonds. The van der Waals surface area contributed by atoms with Crippen molar-refractivity contribution < 1.29 is 118 Å². The minimum Gasteiger partial charge on any atom is -0.508 e. The van der Waals surface area contributed by atoms with E-state index in [-0.39, 0.29) is 23.7 Å². The number of hydrogen-bond acceptors (Lipinski definition) is 24. The molecule has 0 radical (unpaired) electrons. The highest BCUT2D eigenvalue weighted by atomic mass is 32.2. The van der Waals surface area contributed by atoms with Crippen molar-refractivity contribution in [3.63, 3.8) is 0 Å². The van der Waals surface area contributed by atoms with Gasteiger partial charge in [-0.15, -0.1) is 0 Å². The molecule has 0 bridgehead atoms. The highest BCUT2D eigenvalue weighted by Gasteiger charge is 2.75. The molecule has 12 N–H and O–H groups in total. The van der Waals surface area contributed by atoms with Crippen LogP contribution in [-0.2, 0) is 58.2 Å². The molecule has 25 heteroatoms. The maximum absolute atomic E-state index is 14.3. The highest BCUT2D eigenvalue weighted by molar-refractivity contribution is 7.86. The Hall–Kier alpha value is -2.45. The Morgan fingerprint density at radius 2 is 1.40 bits per heavy atom. The van der Waals surface area contributed by atoms with Gasteiger partial charge in [-0.1, -0.05) is 6.92 Å². The fourth-order valence-electron chi connectivity index (χ4n) is 9.81. The van der Waals surface area contributed by atoms with Crippen LogP contribution in [0.1, 0.15) is 37.0 Å². The van der Waals surface area contributed by atoms with Crippen molar-refractivity contribution in [3.05, 3.63) is 29.8 Å². The Labute approximate surface area is 372 Å². The maximum Gasteiger partial charge on any atom is 0.338 e. The quantitative estimate of drug-likeness (QED) is 0.0971. The number of carbonyl (C=O) groups is 2. The predicted octanol–water partition coefficient (Wildman–Crippen LogP) is -6.26. The summed E-state index contributed by atoms with van der Waals surface area (Å²) in [5.41, 5.74) is -2.55. The van der Waals surface area contributed by atoms with Crippen LogP contribution in [0.5, 0.6) is 5.75 Å². The second kappa shape index (κ2) is 18.8. The molecular weight excluding hydrogens is 896 g/mol. The van der Waals surface area contributed by atoms with Crippen LogP contribution in [0.3, 0.4) is 0 Å². The molecule has 366 valence electrons. The highest BCUT2D eigenvalue weighted by Crippen LogP contribution is 2.53. The molecule has 1 aromatic carbocycles. The van der Waals surface area contributed by atoms with Gasteiger partial charge in [-0.3, -0.25) is 9.00 Å². The summed E-state index contributed by atoms with van der Waals surface area (Å²) < 4.78 is 66.8. The van der Waals surface area contributed by atoms with Crippen molar-refractivity contribution in [2.75, 3.05) is 25.6 Å². The van der Waals surface area contributed by atoms with Crippen LogP contribution in [-0.4, -0.2) is 236 Å². The van der Waals surface area contributed by atoms with Crippen molar-refractivity contribution in [1.29, 1.82) is 0 Å². The van der Waals surface area contributed by atoms with Crippen molar-refractivity contribution in [2.45, 2.75) is 160 Å². The largest absolute Gasteiger partial charge is 0.508 e. The van der Waals surface area contributed by atoms with Gasteiger partial charge in [0.05, 0.1) is 54.7 Å². The van der Waals surface area contributed by atoms with Crippen molar-refractivity contribution >= 4 is 22.6 Å². The SMILES string of the molecule is C[C@@H]1CO[C@@]2(C[C@@H]1OC(=O)c1ccc(O)cc1)O[C@@H]1[C@H]3[C@@H](C[C@H](O)[C@]1(O)C2=O)[C@@H](O[C@@H]1O[C@H](CO)[C@@H](O)[C@H](O)[C@@H]1O[C@H]1O[C@H](CO)[C@H](O)[C@H](O[C@@H]2O[C@H](C)[C@@H](O)[C@@H](O)[C@H]2O)[C@H]1O)C[S@]3=O. The number of hydrogen-bond donors (Lipinski definition) is 12. The van der Waals surface area contributed by atoms with E-state index in [1.54, 1.807) is 6.92 Å². The summed E-state index contributed by atoms with van der Waals surface area (Å²) >= 11 is 0. The van der Waals surface area contributed by atoms with Gasteiger partial charge in [-0.2, -0.15) is 0 Å². The number of aliphatic hydroxyl groups is 11. The second-order valence-corrected chi connectivity index (χ2v) is 19.5. The average Bonchev–Trinajstić information content (AvgIpc) is 3.70. The molecule has 1 aliphatic carbocycles. The fraction of sp³-hybridized carbons (Fsp3) is 0.800. The molecule has 24 nitrogen and oxygen atoms in total. The zero-order chi connectivity index (χ0) is 47.0. The van der Waals surface area contributed by atoms with Gasteiger partial charge < -0.3 is 104 Å². The Kier molecular flexibility index (Phi) is 14.2. The zero-order valence-electron chi connectivity index (χ0n) is 34.9. The molecule has 1 spiro atoms.